The lowest BCUT2D eigenvalue weighted by atomic mass is 9.97. The minimum Gasteiger partial charge on any atom is -0.493 e. The number of aryl methyl sites for hydroxylation is 2. The van der Waals surface area contributed by atoms with Gasteiger partial charge in [0.25, 0.3) is 11.5 Å². The van der Waals surface area contributed by atoms with Gasteiger partial charge in [-0.3, -0.25) is 14.2 Å². The lowest BCUT2D eigenvalue weighted by molar-refractivity contribution is -0.123. The molecule has 0 fully saturated rings. The average Bonchev–Trinajstić information content (AvgIpc) is 3.19. The summed E-state index contributed by atoms with van der Waals surface area (Å²) in [6.07, 6.45) is 7.06. The molecule has 1 aromatic carbocycles. The third-order valence-electron chi connectivity index (χ3n) is 5.63. The Morgan fingerprint density at radius 3 is 2.94 bits per heavy atom. The summed E-state index contributed by atoms with van der Waals surface area (Å²) in [6, 6.07) is 2.82. The van der Waals surface area contributed by atoms with Crippen LogP contribution >= 0.6 is 27.3 Å². The molecule has 0 radical (unpaired) electrons. The van der Waals surface area contributed by atoms with Gasteiger partial charge in [0, 0.05) is 4.88 Å². The van der Waals surface area contributed by atoms with Crippen molar-refractivity contribution >= 4 is 49.6 Å². The van der Waals surface area contributed by atoms with Gasteiger partial charge in [0.05, 0.1) is 36.1 Å². The van der Waals surface area contributed by atoms with Gasteiger partial charge in [0.2, 0.25) is 0 Å². The van der Waals surface area contributed by atoms with Crippen molar-refractivity contribution in [2.75, 3.05) is 13.7 Å². The van der Waals surface area contributed by atoms with E-state index >= 15 is 0 Å². The number of methoxy groups -OCH3 is 1. The minimum absolute atomic E-state index is 0.175. The monoisotopic (exact) mass is 532 g/mol. The molecule has 2 aromatic heterocycles. The highest BCUT2D eigenvalue weighted by molar-refractivity contribution is 9.10. The van der Waals surface area contributed by atoms with E-state index in [4.69, 9.17) is 9.47 Å². The standard InChI is InChI=1S/C23H25BrN4O4S/c1-4-32-20-16(24)9-14(10-17(20)31-3)11-26-27-21(29)13(2)28-12-25-22-19(23(28)30)15-7-5-6-8-18(15)33-22/h9-13H,4-8H2,1-3H3,(H,27,29)/b26-11+. The largest absolute Gasteiger partial charge is 0.493 e. The number of benzene rings is 1. The fourth-order valence-corrected chi connectivity index (χ4v) is 5.72. The third-order valence-corrected chi connectivity index (χ3v) is 7.41. The first-order chi connectivity index (χ1) is 15.9. The van der Waals surface area contributed by atoms with Crippen LogP contribution in [0.2, 0.25) is 0 Å². The Labute approximate surface area is 203 Å². The maximum Gasteiger partial charge on any atom is 0.263 e. The van der Waals surface area contributed by atoms with Crippen molar-refractivity contribution < 1.29 is 14.3 Å². The lowest BCUT2D eigenvalue weighted by Crippen LogP contribution is -2.34. The quantitative estimate of drug-likeness (QED) is 0.363. The van der Waals surface area contributed by atoms with E-state index in [9.17, 15) is 9.59 Å². The maximum atomic E-state index is 13.2. The van der Waals surface area contributed by atoms with Crippen molar-refractivity contribution in [3.8, 4) is 11.5 Å². The Kier molecular flexibility index (Phi) is 7.14. The van der Waals surface area contributed by atoms with Crippen molar-refractivity contribution in [1.29, 1.82) is 0 Å². The molecule has 2 heterocycles. The first-order valence-electron chi connectivity index (χ1n) is 10.8. The van der Waals surface area contributed by atoms with Crippen LogP contribution < -0.4 is 20.5 Å². The summed E-state index contributed by atoms with van der Waals surface area (Å²) in [5.74, 6) is 0.751. The highest BCUT2D eigenvalue weighted by Crippen LogP contribution is 2.36. The van der Waals surface area contributed by atoms with Crippen molar-refractivity contribution in [3.63, 3.8) is 0 Å². The van der Waals surface area contributed by atoms with Gasteiger partial charge in [0.1, 0.15) is 10.9 Å². The molecule has 0 saturated carbocycles. The predicted octanol–water partition coefficient (Wildman–Crippen LogP) is 4.22. The average molecular weight is 533 g/mol. The lowest BCUT2D eigenvalue weighted by Gasteiger charge is -2.14. The molecule has 1 aliphatic rings. The van der Waals surface area contributed by atoms with E-state index < -0.39 is 11.9 Å². The number of hydrazone groups is 1. The number of halogens is 1. The molecule has 1 amide bonds. The molecule has 1 unspecified atom stereocenters. The number of carbonyl (C=O) groups excluding carboxylic acids is 1. The summed E-state index contributed by atoms with van der Waals surface area (Å²) in [4.78, 5) is 32.4. The Hall–Kier alpha value is -2.72. The van der Waals surface area contributed by atoms with Gasteiger partial charge in [0.15, 0.2) is 11.5 Å². The normalized spacial score (nSPS) is 14.3. The molecule has 1 N–H and O–H groups in total. The van der Waals surface area contributed by atoms with Crippen LogP contribution in [0, 0.1) is 0 Å². The predicted molar refractivity (Wildman–Crippen MR) is 133 cm³/mol. The van der Waals surface area contributed by atoms with Crippen molar-refractivity contribution in [2.45, 2.75) is 45.6 Å². The van der Waals surface area contributed by atoms with E-state index in [0.29, 0.717) is 29.1 Å². The van der Waals surface area contributed by atoms with Crippen LogP contribution in [0.15, 0.2) is 32.8 Å². The van der Waals surface area contributed by atoms with Gasteiger partial charge in [-0.1, -0.05) is 0 Å². The number of hydrogen-bond acceptors (Lipinski definition) is 7. The first kappa shape index (κ1) is 23.4. The molecule has 3 aromatic rings. The van der Waals surface area contributed by atoms with Gasteiger partial charge in [-0.15, -0.1) is 11.3 Å². The summed E-state index contributed by atoms with van der Waals surface area (Å²) in [5, 5.41) is 4.72. The second-order valence-corrected chi connectivity index (χ2v) is 9.66. The van der Waals surface area contributed by atoms with Gasteiger partial charge >= 0.3 is 0 Å². The number of nitrogens with one attached hydrogen (secondary N) is 1. The van der Waals surface area contributed by atoms with Crippen LogP contribution in [0.1, 0.15) is 48.7 Å². The molecule has 1 atom stereocenters. The van der Waals surface area contributed by atoms with Gasteiger partial charge < -0.3 is 9.47 Å². The first-order valence-corrected chi connectivity index (χ1v) is 12.4. The molecule has 33 heavy (non-hydrogen) atoms. The van der Waals surface area contributed by atoms with Gasteiger partial charge in [-0.25, -0.2) is 10.4 Å². The zero-order valence-electron chi connectivity index (χ0n) is 18.7. The molecule has 0 bridgehead atoms. The van der Waals surface area contributed by atoms with Gasteiger partial charge in [-0.2, -0.15) is 5.10 Å². The maximum absolute atomic E-state index is 13.2. The van der Waals surface area contributed by atoms with E-state index in [1.165, 1.54) is 22.0 Å². The second kappa shape index (κ2) is 10.0. The zero-order valence-corrected chi connectivity index (χ0v) is 21.1. The Morgan fingerprint density at radius 2 is 2.18 bits per heavy atom. The zero-order chi connectivity index (χ0) is 23.5. The van der Waals surface area contributed by atoms with Crippen LogP contribution in [0.4, 0.5) is 0 Å². The molecule has 1 aliphatic carbocycles. The number of carbonyl (C=O) groups is 1. The molecule has 10 heteroatoms. The smallest absolute Gasteiger partial charge is 0.263 e. The molecule has 0 saturated heterocycles. The minimum atomic E-state index is -0.757. The Bertz CT molecular complexity index is 1280. The molecular weight excluding hydrogens is 508 g/mol. The van der Waals surface area contributed by atoms with Crippen molar-refractivity contribution in [3.05, 3.63) is 49.3 Å². The summed E-state index contributed by atoms with van der Waals surface area (Å²) in [6.45, 7) is 4.06. The highest BCUT2D eigenvalue weighted by atomic mass is 79.9. The second-order valence-electron chi connectivity index (χ2n) is 7.73. The van der Waals surface area contributed by atoms with Crippen LogP contribution in [0.3, 0.4) is 0 Å². The third kappa shape index (κ3) is 4.67. The summed E-state index contributed by atoms with van der Waals surface area (Å²) < 4.78 is 13.1. The number of fused-ring (bicyclic) bond motifs is 3. The SMILES string of the molecule is CCOc1c(Br)cc(/C=N/NC(=O)C(C)n2cnc3sc4c(c3c2=O)CCCC4)cc1OC. The summed E-state index contributed by atoms with van der Waals surface area (Å²) >= 11 is 5.06. The highest BCUT2D eigenvalue weighted by Gasteiger charge is 2.23. The molecule has 0 spiro atoms. The fraction of sp³-hybridized carbons (Fsp3) is 0.391. The van der Waals surface area contributed by atoms with Crippen molar-refractivity contribution in [2.24, 2.45) is 5.10 Å². The van der Waals surface area contributed by atoms with E-state index in [1.807, 2.05) is 13.0 Å². The number of thiophene rings is 1. The number of rotatable bonds is 7. The Balaban J connectivity index is 1.52. The molecule has 174 valence electrons. The van der Waals surface area contributed by atoms with Crippen LogP contribution in [-0.2, 0) is 17.6 Å². The molecular formula is C23H25BrN4O4S. The van der Waals surface area contributed by atoms with Crippen LogP contribution in [0.25, 0.3) is 10.2 Å². The van der Waals surface area contributed by atoms with E-state index in [-0.39, 0.29) is 5.56 Å². The van der Waals surface area contributed by atoms with E-state index in [2.05, 4.69) is 31.4 Å². The number of nitrogens with zero attached hydrogens (tertiary/aromatic N) is 3. The summed E-state index contributed by atoms with van der Waals surface area (Å²) in [7, 11) is 1.56. The van der Waals surface area contributed by atoms with Crippen LogP contribution in [-0.4, -0.2) is 35.4 Å². The molecule has 4 rings (SSSR count). The number of amides is 1. The number of hydrogen-bond donors (Lipinski definition) is 1. The molecule has 0 aliphatic heterocycles. The van der Waals surface area contributed by atoms with E-state index in [0.717, 1.165) is 40.5 Å². The van der Waals surface area contributed by atoms with E-state index in [1.54, 1.807) is 31.4 Å². The Morgan fingerprint density at radius 1 is 1.39 bits per heavy atom. The topological polar surface area (TPSA) is 94.8 Å². The van der Waals surface area contributed by atoms with Gasteiger partial charge in [-0.05, 0) is 78.7 Å². The summed E-state index contributed by atoms with van der Waals surface area (Å²) in [5.41, 5.74) is 4.15. The number of aromatic nitrogens is 2. The fourth-order valence-electron chi connectivity index (χ4n) is 3.92. The molecule has 8 nitrogen and oxygen atoms in total. The van der Waals surface area contributed by atoms with Crippen molar-refractivity contribution in [1.82, 2.24) is 15.0 Å². The number of ether oxygens (including phenoxy) is 2. The van der Waals surface area contributed by atoms with Crippen LogP contribution in [0.5, 0.6) is 11.5 Å².